The summed E-state index contributed by atoms with van der Waals surface area (Å²) >= 11 is 0. The van der Waals surface area contributed by atoms with Crippen molar-refractivity contribution in [3.63, 3.8) is 0 Å². The summed E-state index contributed by atoms with van der Waals surface area (Å²) in [5.41, 5.74) is 2.64. The highest BCUT2D eigenvalue weighted by molar-refractivity contribution is 5.54. The molecule has 3 heteroatoms. The number of nitrogens with zero attached hydrogens (tertiary/aromatic N) is 1. The zero-order valence-corrected chi connectivity index (χ0v) is 11.7. The van der Waals surface area contributed by atoms with Gasteiger partial charge in [0.25, 0.3) is 0 Å². The highest BCUT2D eigenvalue weighted by Crippen LogP contribution is 2.15. The third-order valence-electron chi connectivity index (χ3n) is 3.05. The Morgan fingerprint density at radius 1 is 1.17 bits per heavy atom. The van der Waals surface area contributed by atoms with Gasteiger partial charge in [0.15, 0.2) is 0 Å². The zero-order valence-electron chi connectivity index (χ0n) is 10.9. The minimum absolute atomic E-state index is 0. The lowest BCUT2D eigenvalue weighted by atomic mass is 10.1. The van der Waals surface area contributed by atoms with Crippen LogP contribution in [0.5, 0.6) is 5.75 Å². The first-order chi connectivity index (χ1) is 8.28. The van der Waals surface area contributed by atoms with Crippen molar-refractivity contribution in [3.8, 4) is 5.75 Å². The SMILES string of the molecule is COc1ccc(/C=C/C2=CCN(C)CC2)cc1.[Cl-]. The van der Waals surface area contributed by atoms with Gasteiger partial charge in [0.05, 0.1) is 7.11 Å². The van der Waals surface area contributed by atoms with Gasteiger partial charge in [-0.1, -0.05) is 30.4 Å². The first kappa shape index (κ1) is 14.8. The predicted octanol–water partition coefficient (Wildman–Crippen LogP) is -0.0257. The van der Waals surface area contributed by atoms with Crippen LogP contribution < -0.4 is 17.1 Å². The van der Waals surface area contributed by atoms with Crippen LogP contribution in [0.4, 0.5) is 0 Å². The summed E-state index contributed by atoms with van der Waals surface area (Å²) in [6.45, 7) is 2.21. The van der Waals surface area contributed by atoms with Gasteiger partial charge in [-0.2, -0.15) is 0 Å². The number of benzene rings is 1. The molecule has 0 amide bonds. The number of hydrogen-bond donors (Lipinski definition) is 0. The maximum absolute atomic E-state index is 5.13. The molecule has 1 aliphatic rings. The van der Waals surface area contributed by atoms with Gasteiger partial charge in [-0.05, 0) is 36.7 Å². The van der Waals surface area contributed by atoms with E-state index in [1.54, 1.807) is 7.11 Å². The molecule has 0 bridgehead atoms. The van der Waals surface area contributed by atoms with E-state index in [4.69, 9.17) is 4.74 Å². The zero-order chi connectivity index (χ0) is 12.1. The molecule has 0 atom stereocenters. The normalized spacial score (nSPS) is 16.2. The number of methoxy groups -OCH3 is 1. The van der Waals surface area contributed by atoms with Crippen molar-refractivity contribution in [2.45, 2.75) is 6.42 Å². The Morgan fingerprint density at radius 2 is 1.89 bits per heavy atom. The summed E-state index contributed by atoms with van der Waals surface area (Å²) in [6.07, 6.45) is 7.82. The van der Waals surface area contributed by atoms with E-state index in [0.717, 1.165) is 25.3 Å². The summed E-state index contributed by atoms with van der Waals surface area (Å²) in [4.78, 5) is 2.32. The highest BCUT2D eigenvalue weighted by atomic mass is 35.5. The Labute approximate surface area is 115 Å². The molecule has 0 spiro atoms. The topological polar surface area (TPSA) is 12.5 Å². The molecule has 0 saturated carbocycles. The molecule has 0 N–H and O–H groups in total. The Balaban J connectivity index is 0.00000162. The Hall–Kier alpha value is -1.25. The number of rotatable bonds is 3. The molecule has 1 aromatic carbocycles. The van der Waals surface area contributed by atoms with Crippen molar-refractivity contribution in [3.05, 3.63) is 47.6 Å². The van der Waals surface area contributed by atoms with E-state index in [2.05, 4.69) is 42.3 Å². The van der Waals surface area contributed by atoms with E-state index in [1.165, 1.54) is 11.1 Å². The number of ether oxygens (including phenoxy) is 1. The second-order valence-corrected chi connectivity index (χ2v) is 4.40. The Bertz CT molecular complexity index is 423. The van der Waals surface area contributed by atoms with E-state index >= 15 is 0 Å². The van der Waals surface area contributed by atoms with Crippen molar-refractivity contribution in [1.82, 2.24) is 4.90 Å². The number of halogens is 1. The fourth-order valence-corrected chi connectivity index (χ4v) is 1.86. The lowest BCUT2D eigenvalue weighted by Crippen LogP contribution is -3.00. The van der Waals surface area contributed by atoms with E-state index in [-0.39, 0.29) is 12.4 Å². The molecule has 0 radical (unpaired) electrons. The van der Waals surface area contributed by atoms with Gasteiger partial charge in [-0.15, -0.1) is 0 Å². The maximum atomic E-state index is 5.13. The average molecular weight is 265 g/mol. The van der Waals surface area contributed by atoms with Crippen LogP contribution >= 0.6 is 0 Å². The highest BCUT2D eigenvalue weighted by Gasteiger charge is 2.04. The molecule has 98 valence electrons. The fraction of sp³-hybridized carbons (Fsp3) is 0.333. The summed E-state index contributed by atoms with van der Waals surface area (Å²) in [7, 11) is 3.84. The van der Waals surface area contributed by atoms with Gasteiger partial charge >= 0.3 is 0 Å². The van der Waals surface area contributed by atoms with Crippen LogP contribution in [-0.4, -0.2) is 32.1 Å². The van der Waals surface area contributed by atoms with Gasteiger partial charge in [0, 0.05) is 13.1 Å². The van der Waals surface area contributed by atoms with Crippen molar-refractivity contribution in [1.29, 1.82) is 0 Å². The molecule has 1 aliphatic heterocycles. The lowest BCUT2D eigenvalue weighted by Gasteiger charge is -2.20. The minimum Gasteiger partial charge on any atom is -1.00 e. The number of likely N-dealkylation sites (N-methyl/N-ethyl adjacent to an activating group) is 1. The largest absolute Gasteiger partial charge is 1.00 e. The third-order valence-corrected chi connectivity index (χ3v) is 3.05. The van der Waals surface area contributed by atoms with Gasteiger partial charge in [-0.25, -0.2) is 0 Å². The molecular weight excluding hydrogens is 246 g/mol. The lowest BCUT2D eigenvalue weighted by molar-refractivity contribution is -0.00000377. The molecule has 1 aromatic rings. The van der Waals surface area contributed by atoms with E-state index in [9.17, 15) is 0 Å². The average Bonchev–Trinajstić information content (AvgIpc) is 2.39. The Kier molecular flexibility index (Phi) is 5.96. The molecule has 2 nitrogen and oxygen atoms in total. The second kappa shape index (κ2) is 7.24. The van der Waals surface area contributed by atoms with Crippen LogP contribution in [0.25, 0.3) is 6.08 Å². The standard InChI is InChI=1S/C15H19NO.ClH/c1-16-11-9-14(10-12-16)4-3-13-5-7-15(17-2)8-6-13;/h3-9H,10-12H2,1-2H3;1H/p-1/b4-3+;. The maximum Gasteiger partial charge on any atom is 0.118 e. The van der Waals surface area contributed by atoms with Crippen LogP contribution in [0.3, 0.4) is 0 Å². The molecule has 0 aromatic heterocycles. The van der Waals surface area contributed by atoms with Gasteiger partial charge in [0.1, 0.15) is 5.75 Å². The fourth-order valence-electron chi connectivity index (χ4n) is 1.86. The summed E-state index contributed by atoms with van der Waals surface area (Å²) in [6, 6.07) is 8.13. The molecule has 0 unspecified atom stereocenters. The van der Waals surface area contributed by atoms with Crippen LogP contribution in [0.2, 0.25) is 0 Å². The molecule has 0 saturated heterocycles. The van der Waals surface area contributed by atoms with Gasteiger partial charge in [-0.3, -0.25) is 0 Å². The van der Waals surface area contributed by atoms with Crippen LogP contribution in [0.1, 0.15) is 12.0 Å². The Morgan fingerprint density at radius 3 is 2.44 bits per heavy atom. The van der Waals surface area contributed by atoms with Gasteiger partial charge < -0.3 is 22.0 Å². The molecule has 1 heterocycles. The summed E-state index contributed by atoms with van der Waals surface area (Å²) in [5.74, 6) is 0.903. The van der Waals surface area contributed by atoms with E-state index < -0.39 is 0 Å². The molecular formula is C15H19ClNO-. The first-order valence-electron chi connectivity index (χ1n) is 5.97. The number of hydrogen-bond acceptors (Lipinski definition) is 2. The minimum atomic E-state index is 0. The first-order valence-corrected chi connectivity index (χ1v) is 5.97. The van der Waals surface area contributed by atoms with Crippen LogP contribution in [0, 0.1) is 0 Å². The second-order valence-electron chi connectivity index (χ2n) is 4.40. The van der Waals surface area contributed by atoms with Crippen molar-refractivity contribution in [2.75, 3.05) is 27.2 Å². The molecule has 2 rings (SSSR count). The predicted molar refractivity (Wildman–Crippen MR) is 72.2 cm³/mol. The third kappa shape index (κ3) is 4.21. The molecule has 18 heavy (non-hydrogen) atoms. The molecule has 0 fully saturated rings. The van der Waals surface area contributed by atoms with Crippen molar-refractivity contribution in [2.24, 2.45) is 0 Å². The summed E-state index contributed by atoms with van der Waals surface area (Å²) < 4.78 is 5.13. The van der Waals surface area contributed by atoms with E-state index in [0.29, 0.717) is 0 Å². The quantitative estimate of drug-likeness (QED) is 0.761. The number of allylic oxidation sites excluding steroid dienone is 1. The smallest absolute Gasteiger partial charge is 0.118 e. The van der Waals surface area contributed by atoms with Crippen molar-refractivity contribution < 1.29 is 17.1 Å². The van der Waals surface area contributed by atoms with Crippen LogP contribution in [-0.2, 0) is 0 Å². The monoisotopic (exact) mass is 264 g/mol. The van der Waals surface area contributed by atoms with Gasteiger partial charge in [0.2, 0.25) is 0 Å². The van der Waals surface area contributed by atoms with E-state index in [1.807, 2.05) is 12.1 Å². The van der Waals surface area contributed by atoms with Crippen molar-refractivity contribution >= 4 is 6.08 Å². The molecule has 0 aliphatic carbocycles. The van der Waals surface area contributed by atoms with Crippen LogP contribution in [0.15, 0.2) is 42.0 Å². The summed E-state index contributed by atoms with van der Waals surface area (Å²) in [5, 5.41) is 0.